The maximum absolute atomic E-state index is 13.4. The predicted molar refractivity (Wildman–Crippen MR) is 126 cm³/mol. The normalized spacial score (nSPS) is 60.2. The van der Waals surface area contributed by atoms with Crippen molar-refractivity contribution in [1.82, 2.24) is 4.90 Å². The molecule has 5 aliphatic carbocycles. The first-order valence-corrected chi connectivity index (χ1v) is 13.7. The van der Waals surface area contributed by atoms with Crippen molar-refractivity contribution in [2.45, 2.75) is 93.7 Å². The van der Waals surface area contributed by atoms with E-state index in [9.17, 15) is 9.90 Å². The van der Waals surface area contributed by atoms with E-state index in [2.05, 4.69) is 18.7 Å². The van der Waals surface area contributed by atoms with E-state index < -0.39 is 28.3 Å². The van der Waals surface area contributed by atoms with E-state index >= 15 is 0 Å². The summed E-state index contributed by atoms with van der Waals surface area (Å²) < 4.78 is 38.7. The lowest BCUT2D eigenvalue weighted by molar-refractivity contribution is -0.332. The summed E-state index contributed by atoms with van der Waals surface area (Å²) in [6, 6.07) is -0.224. The number of carbonyl (C=O) groups is 1. The highest BCUT2D eigenvalue weighted by atomic mass is 16.7. The van der Waals surface area contributed by atoms with Gasteiger partial charge in [-0.1, -0.05) is 13.8 Å². The average Bonchev–Trinajstić information content (AvgIpc) is 3.40. The molecular formula is C27H41NO8. The zero-order valence-electron chi connectivity index (χ0n) is 22.3. The number of hydrogen-bond acceptors (Lipinski definition) is 9. The van der Waals surface area contributed by atoms with E-state index in [0.717, 1.165) is 25.9 Å². The summed E-state index contributed by atoms with van der Waals surface area (Å²) in [7, 11) is 5.23. The highest BCUT2D eigenvalue weighted by molar-refractivity contribution is 5.67. The van der Waals surface area contributed by atoms with Gasteiger partial charge in [-0.2, -0.15) is 0 Å². The molecule has 8 unspecified atom stereocenters. The van der Waals surface area contributed by atoms with Crippen LogP contribution in [0.5, 0.6) is 0 Å². The van der Waals surface area contributed by atoms with Crippen molar-refractivity contribution in [2.75, 3.05) is 41.2 Å². The molecule has 7 bridgehead atoms. The molecule has 0 aromatic rings. The molecule has 13 atom stereocenters. The molecule has 7 fully saturated rings. The smallest absolute Gasteiger partial charge is 0.303 e. The Kier molecular flexibility index (Phi) is 4.87. The molecule has 202 valence electrons. The summed E-state index contributed by atoms with van der Waals surface area (Å²) in [5.74, 6) is -0.771. The minimum atomic E-state index is -1.16. The minimum absolute atomic E-state index is 0.0317. The summed E-state index contributed by atoms with van der Waals surface area (Å²) in [5.41, 5.74) is -3.94. The third-order valence-corrected chi connectivity index (χ3v) is 12.2. The van der Waals surface area contributed by atoms with Gasteiger partial charge in [0.1, 0.15) is 18.5 Å². The molecule has 7 aliphatic rings. The highest BCUT2D eigenvalue weighted by Crippen LogP contribution is 2.83. The van der Waals surface area contributed by atoms with Crippen LogP contribution in [0.15, 0.2) is 0 Å². The van der Waals surface area contributed by atoms with Gasteiger partial charge in [0.25, 0.3) is 0 Å². The van der Waals surface area contributed by atoms with Gasteiger partial charge in [0.2, 0.25) is 0 Å². The summed E-state index contributed by atoms with van der Waals surface area (Å²) >= 11 is 0. The van der Waals surface area contributed by atoms with Gasteiger partial charge in [-0.05, 0) is 31.2 Å². The number of fused-ring (bicyclic) bond motifs is 1. The summed E-state index contributed by atoms with van der Waals surface area (Å²) in [6.45, 7) is 7.72. The molecule has 2 heterocycles. The Balaban J connectivity index is 1.61. The zero-order chi connectivity index (χ0) is 25.5. The average molecular weight is 508 g/mol. The third kappa shape index (κ3) is 2.16. The van der Waals surface area contributed by atoms with Crippen LogP contribution in [0.3, 0.4) is 0 Å². The molecule has 3 spiro atoms. The number of hydrogen-bond donors (Lipinski definition) is 1. The number of likely N-dealkylation sites (tertiary alicyclic amines) is 1. The van der Waals surface area contributed by atoms with Gasteiger partial charge in [0.15, 0.2) is 5.60 Å². The molecule has 0 radical (unpaired) electrons. The molecule has 1 N–H and O–H groups in total. The molecule has 2 aliphatic heterocycles. The number of likely N-dealkylation sites (N-methyl/N-ethyl adjacent to an activating group) is 1. The Morgan fingerprint density at radius 1 is 1.11 bits per heavy atom. The van der Waals surface area contributed by atoms with Crippen molar-refractivity contribution in [2.24, 2.45) is 28.6 Å². The molecule has 2 saturated heterocycles. The molecule has 36 heavy (non-hydrogen) atoms. The molecule has 7 rings (SSSR count). The third-order valence-electron chi connectivity index (χ3n) is 12.2. The first-order valence-electron chi connectivity index (χ1n) is 13.7. The maximum atomic E-state index is 13.4. The van der Waals surface area contributed by atoms with Crippen molar-refractivity contribution in [3.8, 4) is 0 Å². The number of aliphatic hydroxyl groups is 1. The highest BCUT2D eigenvalue weighted by Gasteiger charge is 2.97. The van der Waals surface area contributed by atoms with Gasteiger partial charge in [0.05, 0.1) is 35.4 Å². The Morgan fingerprint density at radius 2 is 1.89 bits per heavy atom. The number of ether oxygens (including phenoxy) is 6. The van der Waals surface area contributed by atoms with Crippen LogP contribution in [0.4, 0.5) is 0 Å². The van der Waals surface area contributed by atoms with Crippen molar-refractivity contribution in [3.63, 3.8) is 0 Å². The van der Waals surface area contributed by atoms with E-state index in [1.54, 1.807) is 21.3 Å². The SMILES string of the molecule is CCN1C[C@]2(C)CCC(OC)C34C1C1(OCO[C@@]15C[C@H](OC)C1C[C@]3(O)C5C1OC)[C@@H](OC(C)=O)C42. The fourth-order valence-corrected chi connectivity index (χ4v) is 11.7. The lowest BCUT2D eigenvalue weighted by Gasteiger charge is -2.71. The Bertz CT molecular complexity index is 979. The second-order valence-electron chi connectivity index (χ2n) is 12.9. The van der Waals surface area contributed by atoms with E-state index in [4.69, 9.17) is 28.4 Å². The quantitative estimate of drug-likeness (QED) is 0.553. The van der Waals surface area contributed by atoms with Gasteiger partial charge in [0, 0.05) is 59.0 Å². The number of rotatable bonds is 5. The lowest BCUT2D eigenvalue weighted by atomic mass is 9.41. The summed E-state index contributed by atoms with van der Waals surface area (Å²) in [6.07, 6.45) is 1.69. The molecule has 5 saturated carbocycles. The Labute approximate surface area is 213 Å². The number of carbonyl (C=O) groups excluding carboxylic acids is 1. The van der Waals surface area contributed by atoms with Crippen LogP contribution in [-0.2, 0) is 33.2 Å². The molecule has 0 amide bonds. The monoisotopic (exact) mass is 507 g/mol. The molecule has 0 aromatic carbocycles. The molecule has 9 nitrogen and oxygen atoms in total. The predicted octanol–water partition coefficient (Wildman–Crippen LogP) is 1.35. The maximum Gasteiger partial charge on any atom is 0.303 e. The fourth-order valence-electron chi connectivity index (χ4n) is 11.7. The van der Waals surface area contributed by atoms with Crippen LogP contribution in [0.25, 0.3) is 0 Å². The summed E-state index contributed by atoms with van der Waals surface area (Å²) in [5, 5.41) is 13.4. The number of piperidine rings is 1. The Morgan fingerprint density at radius 3 is 2.53 bits per heavy atom. The zero-order valence-corrected chi connectivity index (χ0v) is 22.3. The van der Waals surface area contributed by atoms with Gasteiger partial charge in [-0.3, -0.25) is 9.69 Å². The van der Waals surface area contributed by atoms with Gasteiger partial charge < -0.3 is 33.5 Å². The second kappa shape index (κ2) is 7.23. The molecule has 0 aromatic heterocycles. The van der Waals surface area contributed by atoms with E-state index in [1.807, 2.05) is 0 Å². The first kappa shape index (κ1) is 24.2. The van der Waals surface area contributed by atoms with Crippen molar-refractivity contribution in [1.29, 1.82) is 0 Å². The number of nitrogens with zero attached hydrogens (tertiary/aromatic N) is 1. The van der Waals surface area contributed by atoms with Gasteiger partial charge >= 0.3 is 5.97 Å². The van der Waals surface area contributed by atoms with Gasteiger partial charge in [-0.15, -0.1) is 0 Å². The lowest BCUT2D eigenvalue weighted by Crippen LogP contribution is -2.85. The number of esters is 1. The van der Waals surface area contributed by atoms with Crippen molar-refractivity contribution >= 4 is 5.97 Å². The van der Waals surface area contributed by atoms with E-state index in [0.29, 0.717) is 12.8 Å². The molecular weight excluding hydrogens is 466 g/mol. The van der Waals surface area contributed by atoms with Crippen LogP contribution < -0.4 is 0 Å². The van der Waals surface area contributed by atoms with Gasteiger partial charge in [-0.25, -0.2) is 0 Å². The standard InChI is InChI=1S/C27H41NO8/c1-7-28-12-23(3)9-8-17(32-5)26-20(23)21(36-14(2)29)27(22(26)28)25(34-13-35-27)11-16(31-4)15-10-24(26,30)19(25)18(15)33-6/h15-22,30H,7-13H2,1-6H3/t15?,16-,17?,18?,19?,20?,21-,22?,23-,24-,25+,26?,27?/m0/s1. The van der Waals surface area contributed by atoms with Crippen LogP contribution in [0.2, 0.25) is 0 Å². The van der Waals surface area contributed by atoms with Crippen LogP contribution in [0, 0.1) is 28.6 Å². The minimum Gasteiger partial charge on any atom is -0.459 e. The van der Waals surface area contributed by atoms with Crippen molar-refractivity contribution in [3.05, 3.63) is 0 Å². The largest absolute Gasteiger partial charge is 0.459 e. The molecule has 9 heteroatoms. The van der Waals surface area contributed by atoms with Crippen LogP contribution in [0.1, 0.15) is 46.5 Å². The first-order chi connectivity index (χ1) is 17.2. The van der Waals surface area contributed by atoms with Crippen LogP contribution in [-0.4, -0.2) is 104 Å². The summed E-state index contributed by atoms with van der Waals surface area (Å²) in [4.78, 5) is 15.3. The van der Waals surface area contributed by atoms with Crippen molar-refractivity contribution < 1.29 is 38.3 Å². The van der Waals surface area contributed by atoms with E-state index in [-0.39, 0.29) is 60.3 Å². The number of methoxy groups -OCH3 is 3. The Hall–Kier alpha value is -0.810. The fraction of sp³-hybridized carbons (Fsp3) is 0.963. The second-order valence-corrected chi connectivity index (χ2v) is 12.9. The van der Waals surface area contributed by atoms with Crippen LogP contribution >= 0.6 is 0 Å². The van der Waals surface area contributed by atoms with E-state index in [1.165, 1.54) is 6.92 Å². The topological polar surface area (TPSA) is 95.9 Å².